The third-order valence-corrected chi connectivity index (χ3v) is 4.30. The van der Waals surface area contributed by atoms with Crippen LogP contribution in [-0.2, 0) is 9.59 Å². The molecule has 6 nitrogen and oxygen atoms in total. The van der Waals surface area contributed by atoms with E-state index in [2.05, 4.69) is 5.10 Å². The lowest BCUT2D eigenvalue weighted by molar-refractivity contribution is -0.133. The van der Waals surface area contributed by atoms with E-state index in [9.17, 15) is 19.2 Å². The molecule has 0 aliphatic heterocycles. The summed E-state index contributed by atoms with van der Waals surface area (Å²) in [6.07, 6.45) is 0.848. The second-order valence-electron chi connectivity index (χ2n) is 6.34. The first-order chi connectivity index (χ1) is 11.9. The van der Waals surface area contributed by atoms with Crippen LogP contribution in [0.5, 0.6) is 0 Å². The number of ketones is 3. The van der Waals surface area contributed by atoms with Crippen molar-refractivity contribution in [1.82, 2.24) is 9.78 Å². The first-order valence-corrected chi connectivity index (χ1v) is 8.16. The number of carbonyl (C=O) groups is 3. The molecule has 0 atom stereocenters. The van der Waals surface area contributed by atoms with Crippen molar-refractivity contribution >= 4 is 17.3 Å². The highest BCUT2D eigenvalue weighted by Gasteiger charge is 2.37. The van der Waals surface area contributed by atoms with Crippen molar-refractivity contribution in [2.75, 3.05) is 0 Å². The summed E-state index contributed by atoms with van der Waals surface area (Å²) in [6.45, 7) is 3.54. The van der Waals surface area contributed by atoms with E-state index in [1.54, 1.807) is 25.1 Å². The average molecular weight is 338 g/mol. The summed E-state index contributed by atoms with van der Waals surface area (Å²) in [5, 5.41) is 4.19. The number of aryl methyl sites for hydroxylation is 2. The molecule has 25 heavy (non-hydrogen) atoms. The van der Waals surface area contributed by atoms with Crippen LogP contribution in [0.4, 0.5) is 0 Å². The van der Waals surface area contributed by atoms with Crippen LogP contribution in [0.3, 0.4) is 0 Å². The van der Waals surface area contributed by atoms with Gasteiger partial charge in [-0.1, -0.05) is 12.1 Å². The third-order valence-electron chi connectivity index (χ3n) is 4.30. The first-order valence-electron chi connectivity index (χ1n) is 8.16. The molecule has 1 fully saturated rings. The normalized spacial score (nSPS) is 15.4. The molecule has 0 bridgehead atoms. The van der Waals surface area contributed by atoms with Gasteiger partial charge in [0.2, 0.25) is 0 Å². The molecule has 0 radical (unpaired) electrons. The number of Topliss-reactive ketones (excluding diaryl/α,β-unsaturated/α-hetero) is 3. The van der Waals surface area contributed by atoms with Gasteiger partial charge in [-0.25, -0.2) is 0 Å². The van der Waals surface area contributed by atoms with Gasteiger partial charge in [-0.2, -0.15) is 9.78 Å². The fraction of sp³-hybridized carbons (Fsp3) is 0.316. The smallest absolute Gasteiger partial charge is 0.282 e. The zero-order valence-corrected chi connectivity index (χ0v) is 14.1. The number of rotatable bonds is 3. The van der Waals surface area contributed by atoms with Crippen LogP contribution in [0.1, 0.15) is 40.9 Å². The molecule has 1 aromatic heterocycles. The summed E-state index contributed by atoms with van der Waals surface area (Å²) >= 11 is 0. The molecule has 0 spiro atoms. The van der Waals surface area contributed by atoms with E-state index in [0.29, 0.717) is 17.8 Å². The number of benzene rings is 1. The average Bonchev–Trinajstić information content (AvgIpc) is 2.56. The van der Waals surface area contributed by atoms with Crippen molar-refractivity contribution in [3.8, 4) is 5.69 Å². The van der Waals surface area contributed by atoms with Gasteiger partial charge in [0.05, 0.1) is 16.9 Å². The molecule has 1 saturated carbocycles. The lowest BCUT2D eigenvalue weighted by atomic mass is 9.82. The lowest BCUT2D eigenvalue weighted by Gasteiger charge is -2.18. The fourth-order valence-electron chi connectivity index (χ4n) is 3.08. The predicted octanol–water partition coefficient (Wildman–Crippen LogP) is 1.97. The molecule has 1 aromatic carbocycles. The monoisotopic (exact) mass is 338 g/mol. The Kier molecular flexibility index (Phi) is 4.44. The number of carbonyl (C=O) groups excluding carboxylic acids is 3. The molecular formula is C19H18N2O4. The minimum atomic E-state index is -1.35. The van der Waals surface area contributed by atoms with Gasteiger partial charge in [-0.3, -0.25) is 19.2 Å². The Balaban J connectivity index is 2.11. The maximum atomic E-state index is 12.8. The summed E-state index contributed by atoms with van der Waals surface area (Å²) in [7, 11) is 0. The topological polar surface area (TPSA) is 86.1 Å². The van der Waals surface area contributed by atoms with Crippen LogP contribution in [0, 0.1) is 19.8 Å². The highest BCUT2D eigenvalue weighted by molar-refractivity contribution is 6.25. The van der Waals surface area contributed by atoms with Gasteiger partial charge in [0.25, 0.3) is 5.56 Å². The van der Waals surface area contributed by atoms with E-state index in [-0.39, 0.29) is 18.4 Å². The van der Waals surface area contributed by atoms with Crippen LogP contribution in [0.25, 0.3) is 5.69 Å². The molecule has 6 heteroatoms. The fourth-order valence-corrected chi connectivity index (χ4v) is 3.08. The van der Waals surface area contributed by atoms with Crippen molar-refractivity contribution < 1.29 is 14.4 Å². The van der Waals surface area contributed by atoms with E-state index < -0.39 is 28.8 Å². The standard InChI is InChI=1S/C19H18N2O4/c1-11-5-3-6-13(9-11)21-19(25)14(10-12(2)20-21)18(24)17-15(22)7-4-8-16(17)23/h3,5-6,9-10,17H,4,7-8H2,1-2H3. The molecule has 0 saturated heterocycles. The first kappa shape index (κ1) is 17.0. The molecule has 0 amide bonds. The van der Waals surface area contributed by atoms with Gasteiger partial charge in [0.1, 0.15) is 5.92 Å². The van der Waals surface area contributed by atoms with E-state index in [1.165, 1.54) is 6.07 Å². The van der Waals surface area contributed by atoms with Crippen molar-refractivity contribution in [2.24, 2.45) is 5.92 Å². The zero-order valence-electron chi connectivity index (χ0n) is 14.1. The van der Waals surface area contributed by atoms with E-state index in [4.69, 9.17) is 0 Å². The molecule has 2 aromatic rings. The maximum Gasteiger partial charge on any atom is 0.282 e. The van der Waals surface area contributed by atoms with Crippen LogP contribution >= 0.6 is 0 Å². The number of hydrogen-bond acceptors (Lipinski definition) is 5. The minimum absolute atomic E-state index is 0.164. The summed E-state index contributed by atoms with van der Waals surface area (Å²) in [5.41, 5.74) is 1.15. The van der Waals surface area contributed by atoms with E-state index in [0.717, 1.165) is 10.2 Å². The van der Waals surface area contributed by atoms with Crippen LogP contribution < -0.4 is 5.56 Å². The minimum Gasteiger partial charge on any atom is -0.298 e. The summed E-state index contributed by atoms with van der Waals surface area (Å²) < 4.78 is 1.15. The SMILES string of the molecule is Cc1cccc(-n2nc(C)cc(C(=O)C3C(=O)CCCC3=O)c2=O)c1. The van der Waals surface area contributed by atoms with Crippen LogP contribution in [-0.4, -0.2) is 27.1 Å². The third kappa shape index (κ3) is 3.20. The molecule has 1 heterocycles. The molecule has 0 unspecified atom stereocenters. The Morgan fingerprint density at radius 2 is 1.76 bits per heavy atom. The highest BCUT2D eigenvalue weighted by Crippen LogP contribution is 2.21. The Bertz CT molecular complexity index is 927. The summed E-state index contributed by atoms with van der Waals surface area (Å²) in [5.74, 6) is -2.88. The zero-order chi connectivity index (χ0) is 18.1. The molecule has 128 valence electrons. The molecular weight excluding hydrogens is 320 g/mol. The Labute approximate surface area is 144 Å². The van der Waals surface area contributed by atoms with Crippen molar-refractivity contribution in [2.45, 2.75) is 33.1 Å². The van der Waals surface area contributed by atoms with Crippen molar-refractivity contribution in [3.63, 3.8) is 0 Å². The molecule has 1 aliphatic rings. The van der Waals surface area contributed by atoms with Gasteiger partial charge in [0.15, 0.2) is 17.3 Å². The van der Waals surface area contributed by atoms with Crippen molar-refractivity contribution in [3.05, 3.63) is 57.5 Å². The molecule has 0 N–H and O–H groups in total. The van der Waals surface area contributed by atoms with Crippen LogP contribution in [0.15, 0.2) is 35.1 Å². The van der Waals surface area contributed by atoms with Gasteiger partial charge in [-0.15, -0.1) is 0 Å². The van der Waals surface area contributed by atoms with Gasteiger partial charge < -0.3 is 0 Å². The van der Waals surface area contributed by atoms with E-state index >= 15 is 0 Å². The second kappa shape index (κ2) is 6.55. The van der Waals surface area contributed by atoms with Gasteiger partial charge >= 0.3 is 0 Å². The van der Waals surface area contributed by atoms with Crippen LogP contribution in [0.2, 0.25) is 0 Å². The van der Waals surface area contributed by atoms with Gasteiger partial charge in [-0.05, 0) is 44.0 Å². The predicted molar refractivity (Wildman–Crippen MR) is 91.0 cm³/mol. The Morgan fingerprint density at radius 1 is 1.08 bits per heavy atom. The highest BCUT2D eigenvalue weighted by atomic mass is 16.2. The summed E-state index contributed by atoms with van der Waals surface area (Å²) in [6, 6.07) is 8.52. The van der Waals surface area contributed by atoms with Crippen molar-refractivity contribution in [1.29, 1.82) is 0 Å². The number of nitrogens with zero attached hydrogens (tertiary/aromatic N) is 2. The molecule has 1 aliphatic carbocycles. The maximum absolute atomic E-state index is 12.8. The molecule has 3 rings (SSSR count). The lowest BCUT2D eigenvalue weighted by Crippen LogP contribution is -2.39. The van der Waals surface area contributed by atoms with E-state index in [1.807, 2.05) is 13.0 Å². The quantitative estimate of drug-likeness (QED) is 0.631. The number of hydrogen-bond donors (Lipinski definition) is 0. The van der Waals surface area contributed by atoms with Gasteiger partial charge in [0, 0.05) is 12.8 Å². The largest absolute Gasteiger partial charge is 0.298 e. The Hall–Kier alpha value is -2.89. The summed E-state index contributed by atoms with van der Waals surface area (Å²) in [4.78, 5) is 49.6. The second-order valence-corrected chi connectivity index (χ2v) is 6.34. The Morgan fingerprint density at radius 3 is 2.40 bits per heavy atom. The number of aromatic nitrogens is 2.